The van der Waals surface area contributed by atoms with Crippen LogP contribution in [0.4, 0.5) is 4.39 Å². The van der Waals surface area contributed by atoms with E-state index in [1.165, 1.54) is 6.07 Å². The number of hydrogen-bond acceptors (Lipinski definition) is 2. The molecule has 5 heteroatoms. The van der Waals surface area contributed by atoms with Crippen molar-refractivity contribution in [3.05, 3.63) is 63.1 Å². The van der Waals surface area contributed by atoms with Gasteiger partial charge in [0.1, 0.15) is 5.82 Å². The van der Waals surface area contributed by atoms with E-state index < -0.39 is 0 Å². The lowest BCUT2D eigenvalue weighted by Crippen LogP contribution is -2.25. The van der Waals surface area contributed by atoms with Crippen LogP contribution in [-0.2, 0) is 6.42 Å². The van der Waals surface area contributed by atoms with Crippen LogP contribution in [0.15, 0.2) is 41.1 Å². The molecule has 2 nitrogen and oxygen atoms in total. The van der Waals surface area contributed by atoms with Crippen molar-refractivity contribution in [1.82, 2.24) is 10.3 Å². The second-order valence-electron chi connectivity index (χ2n) is 4.81. The molecule has 1 aromatic heterocycles. The third-order valence-electron chi connectivity index (χ3n) is 3.27. The van der Waals surface area contributed by atoms with Crippen LogP contribution in [0.1, 0.15) is 30.5 Å². The van der Waals surface area contributed by atoms with Crippen LogP contribution in [0.2, 0.25) is 5.02 Å². The predicted molar refractivity (Wildman–Crippen MR) is 88.1 cm³/mol. The summed E-state index contributed by atoms with van der Waals surface area (Å²) in [6.45, 7) is 2.90. The van der Waals surface area contributed by atoms with E-state index in [0.717, 1.165) is 23.0 Å². The fourth-order valence-corrected chi connectivity index (χ4v) is 3.04. The highest BCUT2D eigenvalue weighted by Gasteiger charge is 2.19. The molecule has 1 unspecified atom stereocenters. The van der Waals surface area contributed by atoms with E-state index in [1.54, 1.807) is 18.5 Å². The molecule has 1 aromatic carbocycles. The van der Waals surface area contributed by atoms with Gasteiger partial charge >= 0.3 is 0 Å². The summed E-state index contributed by atoms with van der Waals surface area (Å²) in [5.41, 5.74) is 1.59. The average molecular weight is 372 g/mol. The maximum Gasteiger partial charge on any atom is 0.129 e. The molecule has 112 valence electrons. The second-order valence-corrected chi connectivity index (χ2v) is 6.07. The van der Waals surface area contributed by atoms with Gasteiger partial charge in [-0.3, -0.25) is 4.98 Å². The molecule has 1 heterocycles. The molecule has 2 rings (SSSR count). The van der Waals surface area contributed by atoms with Crippen molar-refractivity contribution in [2.75, 3.05) is 6.54 Å². The van der Waals surface area contributed by atoms with E-state index in [9.17, 15) is 4.39 Å². The Balaban J connectivity index is 2.32. The van der Waals surface area contributed by atoms with Gasteiger partial charge in [-0.25, -0.2) is 4.39 Å². The van der Waals surface area contributed by atoms with Crippen molar-refractivity contribution >= 4 is 27.5 Å². The van der Waals surface area contributed by atoms with E-state index in [4.69, 9.17) is 11.6 Å². The van der Waals surface area contributed by atoms with Crippen molar-refractivity contribution in [3.8, 4) is 0 Å². The van der Waals surface area contributed by atoms with Gasteiger partial charge in [-0.2, -0.15) is 0 Å². The fraction of sp³-hybridized carbons (Fsp3) is 0.312. The predicted octanol–water partition coefficient (Wildman–Crippen LogP) is 4.92. The minimum Gasteiger partial charge on any atom is -0.310 e. The molecule has 0 aliphatic rings. The summed E-state index contributed by atoms with van der Waals surface area (Å²) in [5, 5.41) is 4.00. The quantitative estimate of drug-likeness (QED) is 0.779. The normalized spacial score (nSPS) is 12.4. The summed E-state index contributed by atoms with van der Waals surface area (Å²) in [5.74, 6) is -0.219. The number of nitrogens with one attached hydrogen (secondary N) is 1. The Hall–Kier alpha value is -0.970. The third kappa shape index (κ3) is 4.25. The molecule has 0 saturated heterocycles. The summed E-state index contributed by atoms with van der Waals surface area (Å²) in [6.07, 6.45) is 4.91. The molecule has 0 spiro atoms. The topological polar surface area (TPSA) is 24.9 Å². The molecule has 21 heavy (non-hydrogen) atoms. The SMILES string of the molecule is CCCNC(Cc1ccncc1Cl)c1c(F)cccc1Br. The van der Waals surface area contributed by atoms with Crippen LogP contribution in [-0.4, -0.2) is 11.5 Å². The molecule has 0 aliphatic carbocycles. The number of hydrogen-bond donors (Lipinski definition) is 1. The Morgan fingerprint density at radius 2 is 2.19 bits per heavy atom. The second kappa shape index (κ2) is 7.87. The van der Waals surface area contributed by atoms with Gasteiger partial charge in [0.25, 0.3) is 0 Å². The molecule has 1 N–H and O–H groups in total. The number of aromatic nitrogens is 1. The highest BCUT2D eigenvalue weighted by molar-refractivity contribution is 9.10. The summed E-state index contributed by atoms with van der Waals surface area (Å²) in [7, 11) is 0. The van der Waals surface area contributed by atoms with Gasteiger partial charge in [-0.05, 0) is 43.1 Å². The van der Waals surface area contributed by atoms with Gasteiger partial charge in [0.15, 0.2) is 0 Å². The monoisotopic (exact) mass is 370 g/mol. The molecule has 1 atom stereocenters. The van der Waals surface area contributed by atoms with Crippen LogP contribution in [0.3, 0.4) is 0 Å². The van der Waals surface area contributed by atoms with E-state index in [-0.39, 0.29) is 11.9 Å². The number of nitrogens with zero attached hydrogens (tertiary/aromatic N) is 1. The van der Waals surface area contributed by atoms with Gasteiger partial charge in [0.2, 0.25) is 0 Å². The van der Waals surface area contributed by atoms with Gasteiger partial charge in [-0.15, -0.1) is 0 Å². The Bertz CT molecular complexity index is 586. The molecule has 0 aliphatic heterocycles. The van der Waals surface area contributed by atoms with Crippen LogP contribution in [0, 0.1) is 5.82 Å². The first-order chi connectivity index (χ1) is 10.1. The molecular formula is C16H17BrClFN2. The van der Waals surface area contributed by atoms with Crippen LogP contribution >= 0.6 is 27.5 Å². The van der Waals surface area contributed by atoms with Crippen molar-refractivity contribution < 1.29 is 4.39 Å². The number of benzene rings is 1. The lowest BCUT2D eigenvalue weighted by Gasteiger charge is -2.21. The molecule has 0 radical (unpaired) electrons. The van der Waals surface area contributed by atoms with Gasteiger partial charge in [0.05, 0.1) is 5.02 Å². The number of pyridine rings is 1. The Morgan fingerprint density at radius 3 is 2.86 bits per heavy atom. The van der Waals surface area contributed by atoms with Gasteiger partial charge in [0, 0.05) is 28.5 Å². The zero-order chi connectivity index (χ0) is 15.2. The molecule has 0 bridgehead atoms. The maximum absolute atomic E-state index is 14.2. The van der Waals surface area contributed by atoms with Gasteiger partial charge < -0.3 is 5.32 Å². The van der Waals surface area contributed by atoms with Crippen molar-refractivity contribution in [2.24, 2.45) is 0 Å². The summed E-state index contributed by atoms with van der Waals surface area (Å²) >= 11 is 9.62. The molecule has 0 fully saturated rings. The van der Waals surface area contributed by atoms with E-state index in [1.807, 2.05) is 12.1 Å². The van der Waals surface area contributed by atoms with Crippen molar-refractivity contribution in [3.63, 3.8) is 0 Å². The summed E-state index contributed by atoms with van der Waals surface area (Å²) in [4.78, 5) is 3.99. The third-order valence-corrected chi connectivity index (χ3v) is 4.30. The van der Waals surface area contributed by atoms with Crippen molar-refractivity contribution in [1.29, 1.82) is 0 Å². The average Bonchev–Trinajstić information content (AvgIpc) is 2.46. The Kier molecular flexibility index (Phi) is 6.15. The number of rotatable bonds is 6. The summed E-state index contributed by atoms with van der Waals surface area (Å²) in [6, 6.07) is 6.76. The lowest BCUT2D eigenvalue weighted by atomic mass is 9.98. The summed E-state index contributed by atoms with van der Waals surface area (Å²) < 4.78 is 15.0. The van der Waals surface area contributed by atoms with Crippen LogP contribution < -0.4 is 5.32 Å². The first-order valence-electron chi connectivity index (χ1n) is 6.89. The zero-order valence-corrected chi connectivity index (χ0v) is 14.1. The Labute approximate surface area is 137 Å². The Morgan fingerprint density at radius 1 is 1.38 bits per heavy atom. The van der Waals surface area contributed by atoms with E-state index >= 15 is 0 Å². The first kappa shape index (κ1) is 16.4. The molecule has 2 aromatic rings. The highest BCUT2D eigenvalue weighted by Crippen LogP contribution is 2.30. The first-order valence-corrected chi connectivity index (χ1v) is 8.06. The lowest BCUT2D eigenvalue weighted by molar-refractivity contribution is 0.495. The largest absolute Gasteiger partial charge is 0.310 e. The smallest absolute Gasteiger partial charge is 0.129 e. The zero-order valence-electron chi connectivity index (χ0n) is 11.7. The molecule has 0 saturated carbocycles. The highest BCUT2D eigenvalue weighted by atomic mass is 79.9. The van der Waals surface area contributed by atoms with E-state index in [0.29, 0.717) is 17.0 Å². The van der Waals surface area contributed by atoms with Crippen LogP contribution in [0.25, 0.3) is 0 Å². The molecular weight excluding hydrogens is 355 g/mol. The van der Waals surface area contributed by atoms with Crippen LogP contribution in [0.5, 0.6) is 0 Å². The fourth-order valence-electron chi connectivity index (χ4n) is 2.23. The number of halogens is 3. The minimum absolute atomic E-state index is 0.138. The molecule has 0 amide bonds. The van der Waals surface area contributed by atoms with Gasteiger partial charge in [-0.1, -0.05) is 40.5 Å². The van der Waals surface area contributed by atoms with E-state index in [2.05, 4.69) is 33.2 Å². The standard InChI is InChI=1S/C16H17BrClFN2/c1-2-7-21-15(9-11-6-8-20-10-13(11)18)16-12(17)4-3-5-14(16)19/h3-6,8,10,15,21H,2,7,9H2,1H3. The van der Waals surface area contributed by atoms with Crippen molar-refractivity contribution in [2.45, 2.75) is 25.8 Å². The minimum atomic E-state index is -0.219. The maximum atomic E-state index is 14.2.